The predicted molar refractivity (Wildman–Crippen MR) is 82.9 cm³/mol. The zero-order chi connectivity index (χ0) is 15.4. The third-order valence-corrected chi connectivity index (χ3v) is 3.11. The number of phenolic OH excluding ortho intramolecular Hbond substituents is 2. The van der Waals surface area contributed by atoms with Crippen molar-refractivity contribution in [1.29, 1.82) is 0 Å². The van der Waals surface area contributed by atoms with Crippen LogP contribution >= 0.6 is 12.2 Å². The van der Waals surface area contributed by atoms with Crippen molar-refractivity contribution >= 4 is 28.9 Å². The van der Waals surface area contributed by atoms with Crippen molar-refractivity contribution in [3.63, 3.8) is 0 Å². The van der Waals surface area contributed by atoms with Crippen molar-refractivity contribution in [1.82, 2.24) is 0 Å². The summed E-state index contributed by atoms with van der Waals surface area (Å²) < 4.78 is 4.61. The number of benzene rings is 2. The van der Waals surface area contributed by atoms with E-state index >= 15 is 0 Å². The molecule has 0 aliphatic rings. The summed E-state index contributed by atoms with van der Waals surface area (Å²) in [6, 6.07) is 10.7. The molecule has 0 fully saturated rings. The van der Waals surface area contributed by atoms with Gasteiger partial charge in [-0.3, -0.25) is 0 Å². The van der Waals surface area contributed by atoms with Crippen LogP contribution in [0.5, 0.6) is 11.5 Å². The molecule has 3 N–H and O–H groups in total. The van der Waals surface area contributed by atoms with E-state index in [0.717, 1.165) is 0 Å². The molecule has 0 aliphatic heterocycles. The van der Waals surface area contributed by atoms with Crippen LogP contribution in [0.3, 0.4) is 0 Å². The van der Waals surface area contributed by atoms with Crippen molar-refractivity contribution < 1.29 is 19.7 Å². The fraction of sp³-hybridized carbons (Fsp3) is 0.0667. The SMILES string of the molecule is COC(=O)c1ccc(NC(=S)c2ccc(O)cc2O)cc1. The molecule has 6 heteroatoms. The molecule has 0 saturated carbocycles. The molecule has 21 heavy (non-hydrogen) atoms. The summed E-state index contributed by atoms with van der Waals surface area (Å²) in [6.45, 7) is 0. The van der Waals surface area contributed by atoms with Gasteiger partial charge in [0.25, 0.3) is 0 Å². The van der Waals surface area contributed by atoms with E-state index in [4.69, 9.17) is 12.2 Å². The van der Waals surface area contributed by atoms with Crippen LogP contribution in [0, 0.1) is 0 Å². The number of methoxy groups -OCH3 is 1. The maximum atomic E-state index is 11.3. The normalized spacial score (nSPS) is 9.95. The number of carbonyl (C=O) groups excluding carboxylic acids is 1. The van der Waals surface area contributed by atoms with Gasteiger partial charge in [0, 0.05) is 11.8 Å². The minimum Gasteiger partial charge on any atom is -0.508 e. The fourth-order valence-corrected chi connectivity index (χ4v) is 2.01. The Bertz CT molecular complexity index is 683. The van der Waals surface area contributed by atoms with Crippen LogP contribution in [0.2, 0.25) is 0 Å². The second-order valence-electron chi connectivity index (χ2n) is 4.22. The molecule has 108 valence electrons. The highest BCUT2D eigenvalue weighted by Gasteiger charge is 2.09. The summed E-state index contributed by atoms with van der Waals surface area (Å²) in [5, 5.41) is 21.9. The average molecular weight is 303 g/mol. The molecule has 0 atom stereocenters. The van der Waals surface area contributed by atoms with E-state index in [2.05, 4.69) is 10.1 Å². The van der Waals surface area contributed by atoms with Crippen molar-refractivity contribution in [2.24, 2.45) is 0 Å². The Morgan fingerprint density at radius 1 is 1.14 bits per heavy atom. The van der Waals surface area contributed by atoms with Gasteiger partial charge in [-0.1, -0.05) is 12.2 Å². The van der Waals surface area contributed by atoms with Gasteiger partial charge >= 0.3 is 5.97 Å². The number of carbonyl (C=O) groups is 1. The maximum absolute atomic E-state index is 11.3. The Morgan fingerprint density at radius 2 is 1.81 bits per heavy atom. The highest BCUT2D eigenvalue weighted by Crippen LogP contribution is 2.24. The molecule has 0 saturated heterocycles. The molecule has 0 unspecified atom stereocenters. The van der Waals surface area contributed by atoms with E-state index in [1.807, 2.05) is 0 Å². The van der Waals surface area contributed by atoms with Gasteiger partial charge in [0.1, 0.15) is 16.5 Å². The number of esters is 1. The first-order valence-corrected chi connectivity index (χ1v) is 6.44. The molecule has 0 bridgehead atoms. The lowest BCUT2D eigenvalue weighted by molar-refractivity contribution is 0.0601. The van der Waals surface area contributed by atoms with Crippen molar-refractivity contribution in [2.45, 2.75) is 0 Å². The van der Waals surface area contributed by atoms with Crippen LogP contribution in [0.25, 0.3) is 0 Å². The Kier molecular flexibility index (Phi) is 4.39. The number of rotatable bonds is 3. The van der Waals surface area contributed by atoms with Crippen LogP contribution < -0.4 is 5.32 Å². The highest BCUT2D eigenvalue weighted by atomic mass is 32.1. The average Bonchev–Trinajstić information content (AvgIpc) is 2.47. The lowest BCUT2D eigenvalue weighted by atomic mass is 10.1. The smallest absolute Gasteiger partial charge is 0.337 e. The van der Waals surface area contributed by atoms with Gasteiger partial charge < -0.3 is 20.3 Å². The van der Waals surface area contributed by atoms with Crippen LogP contribution in [0.4, 0.5) is 5.69 Å². The van der Waals surface area contributed by atoms with Gasteiger partial charge in [-0.25, -0.2) is 4.79 Å². The molecule has 2 rings (SSSR count). The van der Waals surface area contributed by atoms with E-state index in [-0.39, 0.29) is 11.5 Å². The minimum absolute atomic E-state index is 0.0403. The second kappa shape index (κ2) is 6.23. The standard InChI is InChI=1S/C15H13NO4S/c1-20-15(19)9-2-4-10(5-3-9)16-14(21)12-7-6-11(17)8-13(12)18/h2-8,17-18H,1H3,(H,16,21). The number of nitrogens with one attached hydrogen (secondary N) is 1. The fourth-order valence-electron chi connectivity index (χ4n) is 1.72. The van der Waals surface area contributed by atoms with E-state index < -0.39 is 5.97 Å². The number of aromatic hydroxyl groups is 2. The van der Waals surface area contributed by atoms with Gasteiger partial charge in [-0.2, -0.15) is 0 Å². The van der Waals surface area contributed by atoms with Crippen LogP contribution in [0.15, 0.2) is 42.5 Å². The maximum Gasteiger partial charge on any atom is 0.337 e. The summed E-state index contributed by atoms with van der Waals surface area (Å²) in [6.07, 6.45) is 0. The predicted octanol–water partition coefficient (Wildman–Crippen LogP) is 2.67. The second-order valence-corrected chi connectivity index (χ2v) is 4.63. The summed E-state index contributed by atoms with van der Waals surface area (Å²) in [7, 11) is 1.32. The third-order valence-electron chi connectivity index (χ3n) is 2.79. The molecular weight excluding hydrogens is 290 g/mol. The minimum atomic E-state index is -0.416. The van der Waals surface area contributed by atoms with Gasteiger partial charge in [-0.05, 0) is 36.4 Å². The van der Waals surface area contributed by atoms with E-state index in [9.17, 15) is 15.0 Å². The first-order valence-electron chi connectivity index (χ1n) is 6.03. The molecule has 0 aliphatic carbocycles. The Morgan fingerprint density at radius 3 is 2.38 bits per heavy atom. The zero-order valence-corrected chi connectivity index (χ0v) is 12.0. The highest BCUT2D eigenvalue weighted by molar-refractivity contribution is 7.81. The number of thiocarbonyl (C=S) groups is 1. The lowest BCUT2D eigenvalue weighted by Gasteiger charge is -2.10. The molecular formula is C15H13NO4S. The van der Waals surface area contributed by atoms with Crippen LogP contribution in [-0.2, 0) is 4.74 Å². The monoisotopic (exact) mass is 303 g/mol. The molecule has 0 heterocycles. The molecule has 5 nitrogen and oxygen atoms in total. The Balaban J connectivity index is 2.14. The number of hydrogen-bond acceptors (Lipinski definition) is 5. The Hall–Kier alpha value is -2.60. The molecule has 2 aromatic rings. The third kappa shape index (κ3) is 3.49. The quantitative estimate of drug-likeness (QED) is 0.597. The summed E-state index contributed by atoms with van der Waals surface area (Å²) in [5.74, 6) is -0.569. The van der Waals surface area contributed by atoms with E-state index in [1.165, 1.54) is 25.3 Å². The molecule has 2 aromatic carbocycles. The van der Waals surface area contributed by atoms with E-state index in [0.29, 0.717) is 21.8 Å². The molecule has 0 aromatic heterocycles. The van der Waals surface area contributed by atoms with Gasteiger partial charge in [0.05, 0.1) is 18.2 Å². The Labute approximate surface area is 126 Å². The van der Waals surface area contributed by atoms with Crippen LogP contribution in [-0.4, -0.2) is 28.3 Å². The largest absolute Gasteiger partial charge is 0.508 e. The summed E-state index contributed by atoms with van der Waals surface area (Å²) >= 11 is 5.20. The number of anilines is 1. The number of hydrogen-bond donors (Lipinski definition) is 3. The van der Waals surface area contributed by atoms with Crippen LogP contribution in [0.1, 0.15) is 15.9 Å². The summed E-state index contributed by atoms with van der Waals surface area (Å²) in [5.41, 5.74) is 1.50. The van der Waals surface area contributed by atoms with Crippen molar-refractivity contribution in [3.05, 3.63) is 53.6 Å². The van der Waals surface area contributed by atoms with Crippen molar-refractivity contribution in [2.75, 3.05) is 12.4 Å². The zero-order valence-electron chi connectivity index (χ0n) is 11.2. The van der Waals surface area contributed by atoms with Gasteiger partial charge in [-0.15, -0.1) is 0 Å². The van der Waals surface area contributed by atoms with Crippen molar-refractivity contribution in [3.8, 4) is 11.5 Å². The molecule has 0 amide bonds. The first kappa shape index (κ1) is 14.8. The van der Waals surface area contributed by atoms with Gasteiger partial charge in [0.15, 0.2) is 0 Å². The summed E-state index contributed by atoms with van der Waals surface area (Å²) in [4.78, 5) is 11.6. The van der Waals surface area contributed by atoms with E-state index in [1.54, 1.807) is 24.3 Å². The number of ether oxygens (including phenoxy) is 1. The lowest BCUT2D eigenvalue weighted by Crippen LogP contribution is -2.11. The topological polar surface area (TPSA) is 78.8 Å². The molecule has 0 spiro atoms. The number of phenols is 2. The van der Waals surface area contributed by atoms with Gasteiger partial charge in [0.2, 0.25) is 0 Å². The first-order chi connectivity index (χ1) is 10.0. The molecule has 0 radical (unpaired) electrons.